The lowest BCUT2D eigenvalue weighted by molar-refractivity contribution is -0.125. The minimum atomic E-state index is 0. The van der Waals surface area contributed by atoms with Crippen LogP contribution in [0.3, 0.4) is 0 Å². The van der Waals surface area contributed by atoms with Crippen molar-refractivity contribution < 1.29 is 4.79 Å². The smallest absolute Gasteiger partial charge is 0.224 e. The zero-order valence-electron chi connectivity index (χ0n) is 12.4. The maximum absolute atomic E-state index is 12.1. The topological polar surface area (TPSA) is 41.1 Å². The predicted molar refractivity (Wildman–Crippen MR) is 87.8 cm³/mol. The summed E-state index contributed by atoms with van der Waals surface area (Å²) in [4.78, 5) is 12.1. The average molecular weight is 309 g/mol. The number of nitrogens with one attached hydrogen (secondary N) is 2. The highest BCUT2D eigenvalue weighted by Gasteiger charge is 2.27. The van der Waals surface area contributed by atoms with Crippen molar-refractivity contribution in [2.45, 2.75) is 44.1 Å². The largest absolute Gasteiger partial charge is 0.353 e. The first-order valence-corrected chi connectivity index (χ1v) is 7.89. The van der Waals surface area contributed by atoms with Crippen LogP contribution in [0.15, 0.2) is 30.3 Å². The molecule has 3 rings (SSSR count). The average Bonchev–Trinajstić information content (AvgIpc) is 3.03. The highest BCUT2D eigenvalue weighted by atomic mass is 35.5. The van der Waals surface area contributed by atoms with Crippen LogP contribution in [0.2, 0.25) is 0 Å². The van der Waals surface area contributed by atoms with Crippen molar-refractivity contribution in [3.8, 4) is 0 Å². The summed E-state index contributed by atoms with van der Waals surface area (Å²) in [6.07, 6.45) is 5.61. The molecule has 1 atom stereocenters. The minimum Gasteiger partial charge on any atom is -0.353 e. The van der Waals surface area contributed by atoms with Gasteiger partial charge >= 0.3 is 0 Å². The lowest BCUT2D eigenvalue weighted by Gasteiger charge is -2.30. The molecule has 2 aliphatic rings. The molecule has 4 heteroatoms. The van der Waals surface area contributed by atoms with E-state index in [-0.39, 0.29) is 24.2 Å². The van der Waals surface area contributed by atoms with Gasteiger partial charge in [-0.1, -0.05) is 30.3 Å². The van der Waals surface area contributed by atoms with Crippen LogP contribution in [0.5, 0.6) is 0 Å². The fourth-order valence-corrected chi connectivity index (χ4v) is 3.49. The van der Waals surface area contributed by atoms with Gasteiger partial charge < -0.3 is 10.6 Å². The summed E-state index contributed by atoms with van der Waals surface area (Å²) in [5.74, 6) is 1.14. The number of rotatable bonds is 3. The van der Waals surface area contributed by atoms with Crippen LogP contribution < -0.4 is 10.6 Å². The first-order valence-electron chi connectivity index (χ1n) is 7.89. The van der Waals surface area contributed by atoms with E-state index in [1.807, 2.05) is 0 Å². The molecule has 1 aliphatic heterocycles. The second-order valence-corrected chi connectivity index (χ2v) is 6.16. The van der Waals surface area contributed by atoms with E-state index >= 15 is 0 Å². The van der Waals surface area contributed by atoms with E-state index in [9.17, 15) is 4.79 Å². The zero-order valence-corrected chi connectivity index (χ0v) is 13.2. The van der Waals surface area contributed by atoms with E-state index in [1.54, 1.807) is 0 Å². The highest BCUT2D eigenvalue weighted by Crippen LogP contribution is 2.32. The number of hydrogen-bond acceptors (Lipinski definition) is 2. The molecular formula is C17H25ClN2O. The molecule has 1 saturated heterocycles. The van der Waals surface area contributed by atoms with E-state index in [2.05, 4.69) is 41.0 Å². The Morgan fingerprint density at radius 1 is 1.05 bits per heavy atom. The van der Waals surface area contributed by atoms with Gasteiger partial charge in [0.2, 0.25) is 5.91 Å². The number of halogens is 1. The van der Waals surface area contributed by atoms with Gasteiger partial charge in [-0.2, -0.15) is 0 Å². The van der Waals surface area contributed by atoms with Gasteiger partial charge in [-0.05, 0) is 50.1 Å². The van der Waals surface area contributed by atoms with Crippen molar-refractivity contribution >= 4 is 18.3 Å². The molecule has 1 saturated carbocycles. The Morgan fingerprint density at radius 2 is 1.76 bits per heavy atom. The Hall–Kier alpha value is -1.06. The summed E-state index contributed by atoms with van der Waals surface area (Å²) in [6, 6.07) is 11.2. The first-order chi connectivity index (χ1) is 9.83. The number of benzene rings is 1. The molecule has 2 fully saturated rings. The molecule has 0 radical (unpaired) electrons. The molecule has 1 aliphatic carbocycles. The summed E-state index contributed by atoms with van der Waals surface area (Å²) in [5.41, 5.74) is 1.46. The van der Waals surface area contributed by atoms with Crippen LogP contribution in [-0.2, 0) is 4.79 Å². The van der Waals surface area contributed by atoms with Gasteiger partial charge in [0.25, 0.3) is 0 Å². The molecule has 1 unspecified atom stereocenters. The van der Waals surface area contributed by atoms with E-state index < -0.39 is 0 Å². The molecule has 0 aromatic heterocycles. The van der Waals surface area contributed by atoms with E-state index in [4.69, 9.17) is 0 Å². The van der Waals surface area contributed by atoms with Crippen LogP contribution in [0.25, 0.3) is 0 Å². The maximum Gasteiger partial charge on any atom is 0.224 e. The standard InChI is InChI=1S/C17H24N2O.ClH/c20-17(15-10-11-18-12-15)19-16-8-6-14(7-9-16)13-4-2-1-3-5-13;/h1-5,14-16,18H,6-12H2,(H,19,20);1H. The van der Waals surface area contributed by atoms with Gasteiger partial charge in [0.05, 0.1) is 5.92 Å². The number of carbonyl (C=O) groups is 1. The Kier molecular flexibility index (Phi) is 6.07. The molecule has 1 amide bonds. The summed E-state index contributed by atoms with van der Waals surface area (Å²) in [7, 11) is 0. The molecule has 1 heterocycles. The monoisotopic (exact) mass is 308 g/mol. The quantitative estimate of drug-likeness (QED) is 0.901. The third-order valence-corrected chi connectivity index (χ3v) is 4.78. The van der Waals surface area contributed by atoms with Crippen LogP contribution in [0.4, 0.5) is 0 Å². The summed E-state index contributed by atoms with van der Waals surface area (Å²) in [6.45, 7) is 1.84. The molecule has 0 spiro atoms. The van der Waals surface area contributed by atoms with Gasteiger partial charge in [0, 0.05) is 12.6 Å². The van der Waals surface area contributed by atoms with Gasteiger partial charge in [-0.25, -0.2) is 0 Å². The highest BCUT2D eigenvalue weighted by molar-refractivity contribution is 5.85. The van der Waals surface area contributed by atoms with Crippen molar-refractivity contribution in [3.05, 3.63) is 35.9 Å². The van der Waals surface area contributed by atoms with Crippen LogP contribution in [-0.4, -0.2) is 25.0 Å². The van der Waals surface area contributed by atoms with Gasteiger partial charge in [0.15, 0.2) is 0 Å². The van der Waals surface area contributed by atoms with Gasteiger partial charge in [-0.3, -0.25) is 4.79 Å². The van der Waals surface area contributed by atoms with Crippen molar-refractivity contribution in [2.75, 3.05) is 13.1 Å². The van der Waals surface area contributed by atoms with Gasteiger partial charge in [-0.15, -0.1) is 12.4 Å². The van der Waals surface area contributed by atoms with E-state index in [1.165, 1.54) is 18.4 Å². The molecule has 2 N–H and O–H groups in total. The summed E-state index contributed by atoms with van der Waals surface area (Å²) < 4.78 is 0. The SMILES string of the molecule is Cl.O=C(NC1CCC(c2ccccc2)CC1)C1CCNC1. The Bertz CT molecular complexity index is 437. The zero-order chi connectivity index (χ0) is 13.8. The third-order valence-electron chi connectivity index (χ3n) is 4.78. The Labute approximate surface area is 133 Å². The van der Waals surface area contributed by atoms with Crippen molar-refractivity contribution in [2.24, 2.45) is 5.92 Å². The molecular weight excluding hydrogens is 284 g/mol. The summed E-state index contributed by atoms with van der Waals surface area (Å²) in [5, 5.41) is 6.51. The molecule has 21 heavy (non-hydrogen) atoms. The second kappa shape index (κ2) is 7.81. The Balaban J connectivity index is 0.00000161. The van der Waals surface area contributed by atoms with Gasteiger partial charge in [0.1, 0.15) is 0 Å². The maximum atomic E-state index is 12.1. The summed E-state index contributed by atoms with van der Waals surface area (Å²) >= 11 is 0. The molecule has 116 valence electrons. The lowest BCUT2D eigenvalue weighted by atomic mass is 9.81. The van der Waals surface area contributed by atoms with Crippen LogP contribution in [0.1, 0.15) is 43.6 Å². The molecule has 1 aromatic carbocycles. The normalized spacial score (nSPS) is 28.7. The predicted octanol–water partition coefficient (Wildman–Crippen LogP) is 2.86. The third kappa shape index (κ3) is 4.21. The number of carbonyl (C=O) groups excluding carboxylic acids is 1. The van der Waals surface area contributed by atoms with Crippen molar-refractivity contribution in [1.29, 1.82) is 0 Å². The number of amides is 1. The lowest BCUT2D eigenvalue weighted by Crippen LogP contribution is -2.41. The van der Waals surface area contributed by atoms with E-state index in [0.717, 1.165) is 32.4 Å². The van der Waals surface area contributed by atoms with Crippen LogP contribution in [0, 0.1) is 5.92 Å². The Morgan fingerprint density at radius 3 is 2.38 bits per heavy atom. The first kappa shape index (κ1) is 16.3. The fourth-order valence-electron chi connectivity index (χ4n) is 3.49. The molecule has 0 bridgehead atoms. The van der Waals surface area contributed by atoms with Crippen molar-refractivity contribution in [1.82, 2.24) is 10.6 Å². The van der Waals surface area contributed by atoms with Crippen LogP contribution >= 0.6 is 12.4 Å². The second-order valence-electron chi connectivity index (χ2n) is 6.16. The van der Waals surface area contributed by atoms with Crippen molar-refractivity contribution in [3.63, 3.8) is 0 Å². The molecule has 1 aromatic rings. The fraction of sp³-hybridized carbons (Fsp3) is 0.588. The number of hydrogen-bond donors (Lipinski definition) is 2. The molecule has 3 nitrogen and oxygen atoms in total. The van der Waals surface area contributed by atoms with E-state index in [0.29, 0.717) is 12.0 Å². The minimum absolute atomic E-state index is 0.